The van der Waals surface area contributed by atoms with Gasteiger partial charge in [0.25, 0.3) is 0 Å². The second-order valence-electron chi connectivity index (χ2n) is 8.40. The summed E-state index contributed by atoms with van der Waals surface area (Å²) < 4.78 is 38.5. The average molecular weight is 453 g/mol. The molecule has 8 heteroatoms. The molecule has 1 aromatic carbocycles. The van der Waals surface area contributed by atoms with Crippen LogP contribution in [0.2, 0.25) is 0 Å². The lowest BCUT2D eigenvalue weighted by Crippen LogP contribution is -2.43. The first-order chi connectivity index (χ1) is 15.0. The van der Waals surface area contributed by atoms with Gasteiger partial charge in [0, 0.05) is 31.6 Å². The Morgan fingerprint density at radius 3 is 2.35 bits per heavy atom. The molecule has 1 aromatic rings. The molecule has 0 saturated carbocycles. The number of carbonyl (C=O) groups excluding carboxylic acids is 1. The Morgan fingerprint density at radius 2 is 1.65 bits per heavy atom. The molecule has 3 rings (SSSR count). The number of nitrogens with zero attached hydrogens (tertiary/aromatic N) is 1. The minimum atomic E-state index is -3.61. The summed E-state index contributed by atoms with van der Waals surface area (Å²) in [4.78, 5) is 12.7. The van der Waals surface area contributed by atoms with Gasteiger partial charge in [-0.25, -0.2) is 8.42 Å². The molecule has 2 aliphatic rings. The van der Waals surface area contributed by atoms with E-state index in [0.29, 0.717) is 57.2 Å². The highest BCUT2D eigenvalue weighted by Crippen LogP contribution is 2.34. The molecule has 2 heterocycles. The Labute approximate surface area is 186 Å². The number of ether oxygens (including phenoxy) is 2. The quantitative estimate of drug-likeness (QED) is 0.517. The molecule has 174 valence electrons. The zero-order chi connectivity index (χ0) is 22.1. The summed E-state index contributed by atoms with van der Waals surface area (Å²) in [6, 6.07) is 4.74. The molecule has 1 fully saturated rings. The molecular weight excluding hydrogens is 416 g/mol. The Kier molecular flexibility index (Phi) is 9.02. The SMILES string of the molecule is CCCCCCCCCNC(=O)C1CCN(S(=O)(=O)c2ccc3c(c2)OCCO3)CC1. The first kappa shape index (κ1) is 23.9. The lowest BCUT2D eigenvalue weighted by Gasteiger charge is -2.30. The van der Waals surface area contributed by atoms with Gasteiger partial charge in [-0.2, -0.15) is 4.31 Å². The number of hydrogen-bond acceptors (Lipinski definition) is 5. The van der Waals surface area contributed by atoms with E-state index in [2.05, 4.69) is 12.2 Å². The van der Waals surface area contributed by atoms with Crippen LogP contribution in [0.25, 0.3) is 0 Å². The van der Waals surface area contributed by atoms with Gasteiger partial charge in [0.05, 0.1) is 4.90 Å². The summed E-state index contributed by atoms with van der Waals surface area (Å²) in [5, 5.41) is 3.04. The Bertz CT molecular complexity index is 819. The van der Waals surface area contributed by atoms with Crippen LogP contribution in [0.5, 0.6) is 11.5 Å². The maximum Gasteiger partial charge on any atom is 0.243 e. The highest BCUT2D eigenvalue weighted by molar-refractivity contribution is 7.89. The lowest BCUT2D eigenvalue weighted by molar-refractivity contribution is -0.126. The lowest BCUT2D eigenvalue weighted by atomic mass is 9.97. The predicted octanol–water partition coefficient (Wildman–Crippen LogP) is 3.73. The number of fused-ring (bicyclic) bond motifs is 1. The maximum atomic E-state index is 13.0. The molecule has 1 amide bonds. The van der Waals surface area contributed by atoms with Crippen molar-refractivity contribution in [2.75, 3.05) is 32.8 Å². The van der Waals surface area contributed by atoms with Gasteiger partial charge in [-0.1, -0.05) is 45.4 Å². The third kappa shape index (κ3) is 6.59. The average Bonchev–Trinajstić information content (AvgIpc) is 2.80. The van der Waals surface area contributed by atoms with Gasteiger partial charge in [0.2, 0.25) is 15.9 Å². The highest BCUT2D eigenvalue weighted by Gasteiger charge is 2.32. The van der Waals surface area contributed by atoms with Crippen LogP contribution in [-0.4, -0.2) is 51.5 Å². The van der Waals surface area contributed by atoms with Crippen molar-refractivity contribution in [3.63, 3.8) is 0 Å². The topological polar surface area (TPSA) is 84.9 Å². The molecule has 2 aliphatic heterocycles. The van der Waals surface area contributed by atoms with Gasteiger partial charge in [-0.05, 0) is 31.4 Å². The van der Waals surface area contributed by atoms with Gasteiger partial charge in [-0.3, -0.25) is 4.79 Å². The van der Waals surface area contributed by atoms with E-state index in [1.165, 1.54) is 42.5 Å². The van der Waals surface area contributed by atoms with Gasteiger partial charge in [0.1, 0.15) is 13.2 Å². The normalized spacial score (nSPS) is 17.5. The van der Waals surface area contributed by atoms with Crippen LogP contribution in [0.4, 0.5) is 0 Å². The van der Waals surface area contributed by atoms with E-state index < -0.39 is 10.0 Å². The Morgan fingerprint density at radius 1 is 1.00 bits per heavy atom. The summed E-state index contributed by atoms with van der Waals surface area (Å²) in [6.07, 6.45) is 9.62. The zero-order valence-electron chi connectivity index (χ0n) is 18.6. The van der Waals surface area contributed by atoms with Crippen molar-refractivity contribution in [1.82, 2.24) is 9.62 Å². The van der Waals surface area contributed by atoms with Crippen LogP contribution in [0.3, 0.4) is 0 Å². The number of amides is 1. The fourth-order valence-electron chi connectivity index (χ4n) is 4.13. The molecule has 0 radical (unpaired) electrons. The minimum absolute atomic E-state index is 0.0577. The first-order valence-corrected chi connectivity index (χ1v) is 13.1. The predicted molar refractivity (Wildman–Crippen MR) is 120 cm³/mol. The molecule has 0 aromatic heterocycles. The molecule has 0 aliphatic carbocycles. The Hall–Kier alpha value is -1.80. The summed E-state index contributed by atoms with van der Waals surface area (Å²) in [6.45, 7) is 4.51. The molecule has 1 N–H and O–H groups in total. The van der Waals surface area contributed by atoms with Crippen molar-refractivity contribution < 1.29 is 22.7 Å². The number of piperidine rings is 1. The third-order valence-electron chi connectivity index (χ3n) is 6.06. The number of carbonyl (C=O) groups is 1. The third-order valence-corrected chi connectivity index (χ3v) is 7.95. The van der Waals surface area contributed by atoms with Crippen LogP contribution in [0.15, 0.2) is 23.1 Å². The van der Waals surface area contributed by atoms with Crippen LogP contribution < -0.4 is 14.8 Å². The molecule has 1 saturated heterocycles. The minimum Gasteiger partial charge on any atom is -0.486 e. The van der Waals surface area contributed by atoms with Crippen molar-refractivity contribution in [2.24, 2.45) is 5.92 Å². The molecule has 0 spiro atoms. The number of hydrogen-bond donors (Lipinski definition) is 1. The van der Waals surface area contributed by atoms with Gasteiger partial charge in [-0.15, -0.1) is 0 Å². The smallest absolute Gasteiger partial charge is 0.243 e. The van der Waals surface area contributed by atoms with E-state index in [4.69, 9.17) is 9.47 Å². The van der Waals surface area contributed by atoms with Gasteiger partial charge < -0.3 is 14.8 Å². The number of nitrogens with one attached hydrogen (secondary N) is 1. The summed E-state index contributed by atoms with van der Waals surface area (Å²) >= 11 is 0. The number of sulfonamides is 1. The summed E-state index contributed by atoms with van der Waals surface area (Å²) in [7, 11) is -3.61. The molecular formula is C23H36N2O5S. The fraction of sp³-hybridized carbons (Fsp3) is 0.696. The van der Waals surface area contributed by atoms with Crippen molar-refractivity contribution in [1.29, 1.82) is 0 Å². The largest absolute Gasteiger partial charge is 0.486 e. The van der Waals surface area contributed by atoms with Crippen LogP contribution in [0.1, 0.15) is 64.7 Å². The molecule has 31 heavy (non-hydrogen) atoms. The number of rotatable bonds is 11. The van der Waals surface area contributed by atoms with Crippen LogP contribution >= 0.6 is 0 Å². The van der Waals surface area contributed by atoms with E-state index >= 15 is 0 Å². The zero-order valence-corrected chi connectivity index (χ0v) is 19.4. The van der Waals surface area contributed by atoms with Crippen molar-refractivity contribution in [2.45, 2.75) is 69.6 Å². The van der Waals surface area contributed by atoms with Crippen molar-refractivity contribution >= 4 is 15.9 Å². The standard InChI is InChI=1S/C23H36N2O5S/c1-2-3-4-5-6-7-8-13-24-23(26)19-11-14-25(15-12-19)31(27,28)20-9-10-21-22(18-20)30-17-16-29-21/h9-10,18-19H,2-8,11-17H2,1H3,(H,24,26). The van der Waals surface area contributed by atoms with Crippen molar-refractivity contribution in [3.05, 3.63) is 18.2 Å². The molecule has 0 atom stereocenters. The first-order valence-electron chi connectivity index (χ1n) is 11.7. The molecule has 0 bridgehead atoms. The van der Waals surface area contributed by atoms with E-state index in [1.807, 2.05) is 0 Å². The fourth-order valence-corrected chi connectivity index (χ4v) is 5.62. The Balaban J connectivity index is 1.41. The van der Waals surface area contributed by atoms with Crippen LogP contribution in [-0.2, 0) is 14.8 Å². The van der Waals surface area contributed by atoms with Crippen molar-refractivity contribution in [3.8, 4) is 11.5 Å². The number of benzene rings is 1. The summed E-state index contributed by atoms with van der Waals surface area (Å²) in [5.41, 5.74) is 0. The van der Waals surface area contributed by atoms with E-state index in [9.17, 15) is 13.2 Å². The monoisotopic (exact) mass is 452 g/mol. The maximum absolute atomic E-state index is 13.0. The molecule has 0 unspecified atom stereocenters. The van der Waals surface area contributed by atoms with Gasteiger partial charge in [0.15, 0.2) is 11.5 Å². The molecule has 7 nitrogen and oxygen atoms in total. The number of unbranched alkanes of at least 4 members (excludes halogenated alkanes) is 6. The van der Waals surface area contributed by atoms with E-state index in [1.54, 1.807) is 12.1 Å². The summed E-state index contributed by atoms with van der Waals surface area (Å²) in [5.74, 6) is 0.979. The van der Waals surface area contributed by atoms with Gasteiger partial charge >= 0.3 is 0 Å². The van der Waals surface area contributed by atoms with E-state index in [0.717, 1.165) is 12.8 Å². The van der Waals surface area contributed by atoms with Crippen LogP contribution in [0, 0.1) is 5.92 Å². The second kappa shape index (κ2) is 11.7. The second-order valence-corrected chi connectivity index (χ2v) is 10.3. The highest BCUT2D eigenvalue weighted by atomic mass is 32.2. The van der Waals surface area contributed by atoms with E-state index in [-0.39, 0.29) is 16.7 Å².